The number of hydrogen-bond acceptors (Lipinski definition) is 9. The van der Waals surface area contributed by atoms with Gasteiger partial charge in [0, 0.05) is 22.4 Å². The first kappa shape index (κ1) is 21.4. The van der Waals surface area contributed by atoms with E-state index in [-0.39, 0.29) is 22.7 Å². The Kier molecular flexibility index (Phi) is 5.54. The Morgan fingerprint density at radius 3 is 2.52 bits per heavy atom. The summed E-state index contributed by atoms with van der Waals surface area (Å²) in [4.78, 5) is 25.0. The first-order valence-corrected chi connectivity index (χ1v) is 9.71. The topological polar surface area (TPSA) is 147 Å². The lowest BCUT2D eigenvalue weighted by molar-refractivity contribution is -0.277. The molecule has 0 unspecified atom stereocenters. The second-order valence-electron chi connectivity index (χ2n) is 7.60. The molecular formula is C22H22O9. The Balaban J connectivity index is 1.84. The third-order valence-electron chi connectivity index (χ3n) is 5.50. The highest BCUT2D eigenvalue weighted by Gasteiger charge is 2.44. The SMILES string of the molecule is CC(=O)c1cc(O[C@@H]2O[C@H](CO)[C@@H](O)[C@H](O)[C@H]2O)cc2oc(=O)c3c(C)cccc3c12. The van der Waals surface area contributed by atoms with Crippen molar-refractivity contribution in [1.82, 2.24) is 0 Å². The van der Waals surface area contributed by atoms with E-state index in [1.165, 1.54) is 19.1 Å². The van der Waals surface area contributed by atoms with Crippen molar-refractivity contribution in [2.75, 3.05) is 6.61 Å². The van der Waals surface area contributed by atoms with E-state index in [4.69, 9.17) is 13.9 Å². The van der Waals surface area contributed by atoms with Crippen LogP contribution < -0.4 is 10.4 Å². The van der Waals surface area contributed by atoms with Crippen LogP contribution in [0.2, 0.25) is 0 Å². The average Bonchev–Trinajstić information content (AvgIpc) is 2.73. The van der Waals surface area contributed by atoms with Crippen molar-refractivity contribution in [3.63, 3.8) is 0 Å². The van der Waals surface area contributed by atoms with Gasteiger partial charge in [0.15, 0.2) is 5.78 Å². The highest BCUT2D eigenvalue weighted by Crippen LogP contribution is 2.33. The van der Waals surface area contributed by atoms with Crippen LogP contribution in [-0.4, -0.2) is 63.5 Å². The van der Waals surface area contributed by atoms with Crippen LogP contribution in [0, 0.1) is 6.92 Å². The van der Waals surface area contributed by atoms with Crippen molar-refractivity contribution in [3.05, 3.63) is 51.9 Å². The van der Waals surface area contributed by atoms with Gasteiger partial charge in [-0.3, -0.25) is 4.79 Å². The monoisotopic (exact) mass is 430 g/mol. The molecule has 9 heteroatoms. The van der Waals surface area contributed by atoms with Gasteiger partial charge in [0.25, 0.3) is 0 Å². The number of hydrogen-bond donors (Lipinski definition) is 4. The number of ether oxygens (including phenoxy) is 2. The number of ketones is 1. The third-order valence-corrected chi connectivity index (χ3v) is 5.50. The van der Waals surface area contributed by atoms with Gasteiger partial charge in [-0.25, -0.2) is 4.79 Å². The van der Waals surface area contributed by atoms with Crippen molar-refractivity contribution in [2.24, 2.45) is 0 Å². The Morgan fingerprint density at radius 2 is 1.84 bits per heavy atom. The van der Waals surface area contributed by atoms with Gasteiger partial charge in [0.05, 0.1) is 12.0 Å². The zero-order valence-electron chi connectivity index (χ0n) is 16.8. The number of fused-ring (bicyclic) bond motifs is 3. The molecule has 1 aromatic heterocycles. The molecule has 1 aliphatic heterocycles. The van der Waals surface area contributed by atoms with Gasteiger partial charge in [-0.1, -0.05) is 18.2 Å². The molecule has 2 heterocycles. The van der Waals surface area contributed by atoms with Crippen LogP contribution in [0.5, 0.6) is 5.75 Å². The van der Waals surface area contributed by atoms with E-state index in [1.54, 1.807) is 25.1 Å². The summed E-state index contributed by atoms with van der Waals surface area (Å²) >= 11 is 0. The molecule has 0 bridgehead atoms. The quantitative estimate of drug-likeness (QED) is 0.266. The molecule has 2 aromatic carbocycles. The summed E-state index contributed by atoms with van der Waals surface area (Å²) in [6.07, 6.45) is -7.37. The normalized spacial score (nSPS) is 26.3. The van der Waals surface area contributed by atoms with E-state index in [0.717, 1.165) is 0 Å². The molecule has 3 aromatic rings. The van der Waals surface area contributed by atoms with Gasteiger partial charge >= 0.3 is 5.63 Å². The smallest absolute Gasteiger partial charge is 0.344 e. The molecule has 9 nitrogen and oxygen atoms in total. The summed E-state index contributed by atoms with van der Waals surface area (Å²) in [5, 5.41) is 40.8. The van der Waals surface area contributed by atoms with E-state index in [1.807, 2.05) is 0 Å². The van der Waals surface area contributed by atoms with E-state index in [0.29, 0.717) is 21.7 Å². The second-order valence-corrected chi connectivity index (χ2v) is 7.60. The molecule has 5 atom stereocenters. The molecule has 0 amide bonds. The summed E-state index contributed by atoms with van der Waals surface area (Å²) in [6, 6.07) is 8.08. The molecule has 4 N–H and O–H groups in total. The van der Waals surface area contributed by atoms with E-state index in [9.17, 15) is 30.0 Å². The lowest BCUT2D eigenvalue weighted by Crippen LogP contribution is -2.60. The summed E-state index contributed by atoms with van der Waals surface area (Å²) in [5.74, 6) is -0.266. The number of rotatable bonds is 4. The van der Waals surface area contributed by atoms with Crippen LogP contribution in [0.4, 0.5) is 0 Å². The van der Waals surface area contributed by atoms with Crippen LogP contribution in [0.25, 0.3) is 21.7 Å². The summed E-state index contributed by atoms with van der Waals surface area (Å²) in [5.41, 5.74) is 0.483. The lowest BCUT2D eigenvalue weighted by atomic mass is 9.98. The molecule has 0 spiro atoms. The highest BCUT2D eigenvalue weighted by atomic mass is 16.7. The zero-order valence-corrected chi connectivity index (χ0v) is 16.8. The maximum Gasteiger partial charge on any atom is 0.344 e. The summed E-state index contributed by atoms with van der Waals surface area (Å²) in [6.45, 7) is 2.52. The molecule has 0 saturated carbocycles. The molecule has 164 valence electrons. The Bertz CT molecular complexity index is 1210. The number of Topliss-reactive ketones (excluding diaryl/α,β-unsaturated/α-hetero) is 1. The molecule has 4 rings (SSSR count). The number of carbonyl (C=O) groups excluding carboxylic acids is 1. The molecule has 31 heavy (non-hydrogen) atoms. The minimum absolute atomic E-state index is 0.0391. The minimum Gasteiger partial charge on any atom is -0.462 e. The van der Waals surface area contributed by atoms with E-state index in [2.05, 4.69) is 0 Å². The van der Waals surface area contributed by atoms with Crippen LogP contribution in [0.15, 0.2) is 39.5 Å². The molecule has 1 aliphatic rings. The van der Waals surface area contributed by atoms with Crippen molar-refractivity contribution in [3.8, 4) is 5.75 Å². The lowest BCUT2D eigenvalue weighted by Gasteiger charge is -2.39. The Morgan fingerprint density at radius 1 is 1.10 bits per heavy atom. The van der Waals surface area contributed by atoms with Crippen molar-refractivity contribution in [1.29, 1.82) is 0 Å². The molecule has 1 fully saturated rings. The third kappa shape index (κ3) is 3.60. The van der Waals surface area contributed by atoms with Crippen LogP contribution in [-0.2, 0) is 4.74 Å². The predicted octanol–water partition coefficient (Wildman–Crippen LogP) is 0.636. The molecule has 1 saturated heterocycles. The van der Waals surface area contributed by atoms with Crippen LogP contribution in [0.3, 0.4) is 0 Å². The first-order valence-electron chi connectivity index (χ1n) is 9.71. The van der Waals surface area contributed by atoms with Gasteiger partial charge in [-0.05, 0) is 25.5 Å². The fourth-order valence-corrected chi connectivity index (χ4v) is 3.89. The largest absolute Gasteiger partial charge is 0.462 e. The van der Waals surface area contributed by atoms with Gasteiger partial charge < -0.3 is 34.3 Å². The number of aliphatic hydroxyl groups is 4. The maximum atomic E-state index is 12.6. The van der Waals surface area contributed by atoms with Gasteiger partial charge in [0.1, 0.15) is 35.7 Å². The highest BCUT2D eigenvalue weighted by molar-refractivity contribution is 6.16. The van der Waals surface area contributed by atoms with Crippen molar-refractivity contribution < 1.29 is 39.1 Å². The first-order chi connectivity index (χ1) is 14.7. The molecule has 0 radical (unpaired) electrons. The Hall–Kier alpha value is -2.82. The predicted molar refractivity (Wildman–Crippen MR) is 109 cm³/mol. The minimum atomic E-state index is -1.62. The van der Waals surface area contributed by atoms with Crippen LogP contribution >= 0.6 is 0 Å². The Labute approximate surface area is 176 Å². The molecular weight excluding hydrogens is 408 g/mol. The van der Waals surface area contributed by atoms with Crippen LogP contribution in [0.1, 0.15) is 22.8 Å². The van der Waals surface area contributed by atoms with Gasteiger partial charge in [0.2, 0.25) is 6.29 Å². The average molecular weight is 430 g/mol. The standard InChI is InChI=1S/C22H22O9/c1-9-4-3-5-12-16(9)21(28)30-14-7-11(6-13(10(2)24)17(12)14)29-22-20(27)19(26)18(25)15(8-23)31-22/h3-7,15,18-20,22-23,25-27H,8H2,1-2H3/t15-,18-,19+,20-,22-/m1/s1. The zero-order chi connectivity index (χ0) is 22.4. The number of benzene rings is 2. The van der Waals surface area contributed by atoms with Gasteiger partial charge in [-0.2, -0.15) is 0 Å². The number of aryl methyl sites for hydroxylation is 1. The second kappa shape index (κ2) is 8.03. The fraction of sp³-hybridized carbons (Fsp3) is 0.364. The summed E-state index contributed by atoms with van der Waals surface area (Å²) in [7, 11) is 0. The van der Waals surface area contributed by atoms with Crippen molar-refractivity contribution in [2.45, 2.75) is 44.6 Å². The van der Waals surface area contributed by atoms with Crippen molar-refractivity contribution >= 4 is 27.5 Å². The number of carbonyl (C=O) groups is 1. The number of aliphatic hydroxyl groups excluding tert-OH is 4. The van der Waals surface area contributed by atoms with Gasteiger partial charge in [-0.15, -0.1) is 0 Å². The van der Waals surface area contributed by atoms with E-state index >= 15 is 0 Å². The maximum absolute atomic E-state index is 12.6. The molecule has 0 aliphatic carbocycles. The van der Waals surface area contributed by atoms with E-state index < -0.39 is 42.9 Å². The fourth-order valence-electron chi connectivity index (χ4n) is 3.89. The summed E-state index contributed by atoms with van der Waals surface area (Å²) < 4.78 is 16.4.